The van der Waals surface area contributed by atoms with Gasteiger partial charge in [-0.2, -0.15) is 0 Å². The van der Waals surface area contributed by atoms with Gasteiger partial charge < -0.3 is 9.47 Å². The van der Waals surface area contributed by atoms with Crippen molar-refractivity contribution >= 4 is 0 Å². The Hall–Kier alpha value is -2.03. The van der Waals surface area contributed by atoms with Gasteiger partial charge in [0.05, 0.1) is 7.11 Å². The Morgan fingerprint density at radius 1 is 1.24 bits per heavy atom. The van der Waals surface area contributed by atoms with Gasteiger partial charge in [0.25, 0.3) is 0 Å². The Kier molecular flexibility index (Phi) is 3.60. The molecule has 3 heteroatoms. The number of halogens is 1. The standard InChI is InChI=1S/C14H12FO2/c1-16-13-7-2-3-8-14(13)17-10-11-5-4-6-12(15)9-11/h3-9H,10H2,1H3. The number of methoxy groups -OCH3 is 1. The molecular weight excluding hydrogens is 219 g/mol. The summed E-state index contributed by atoms with van der Waals surface area (Å²) in [5, 5.41) is 0. The van der Waals surface area contributed by atoms with Crippen LogP contribution in [0, 0.1) is 11.9 Å². The second-order valence-corrected chi connectivity index (χ2v) is 3.50. The van der Waals surface area contributed by atoms with Gasteiger partial charge in [0, 0.05) is 0 Å². The van der Waals surface area contributed by atoms with E-state index in [1.54, 1.807) is 31.4 Å². The van der Waals surface area contributed by atoms with Crippen molar-refractivity contribution in [1.82, 2.24) is 0 Å². The Morgan fingerprint density at radius 3 is 2.88 bits per heavy atom. The second kappa shape index (κ2) is 5.34. The molecule has 0 unspecified atom stereocenters. The third-order valence-corrected chi connectivity index (χ3v) is 2.29. The van der Waals surface area contributed by atoms with Crippen LogP contribution in [0.5, 0.6) is 11.5 Å². The monoisotopic (exact) mass is 231 g/mol. The lowest BCUT2D eigenvalue weighted by Gasteiger charge is -2.10. The highest BCUT2D eigenvalue weighted by atomic mass is 19.1. The summed E-state index contributed by atoms with van der Waals surface area (Å²) in [6, 6.07) is 14.4. The molecule has 17 heavy (non-hydrogen) atoms. The third-order valence-electron chi connectivity index (χ3n) is 2.29. The van der Waals surface area contributed by atoms with Crippen LogP contribution in [0.1, 0.15) is 5.56 Å². The highest BCUT2D eigenvalue weighted by molar-refractivity contribution is 5.39. The van der Waals surface area contributed by atoms with E-state index in [-0.39, 0.29) is 5.82 Å². The van der Waals surface area contributed by atoms with Gasteiger partial charge in [0.1, 0.15) is 12.4 Å². The minimum Gasteiger partial charge on any atom is -0.493 e. The van der Waals surface area contributed by atoms with Gasteiger partial charge in [-0.15, -0.1) is 0 Å². The molecule has 0 aliphatic rings. The lowest BCUT2D eigenvalue weighted by atomic mass is 10.2. The molecule has 0 saturated carbocycles. The number of hydrogen-bond acceptors (Lipinski definition) is 2. The van der Waals surface area contributed by atoms with Crippen molar-refractivity contribution in [3.63, 3.8) is 0 Å². The maximum Gasteiger partial charge on any atom is 0.161 e. The van der Waals surface area contributed by atoms with Gasteiger partial charge in [-0.3, -0.25) is 0 Å². The van der Waals surface area contributed by atoms with Gasteiger partial charge in [-0.05, 0) is 35.9 Å². The van der Waals surface area contributed by atoms with Crippen LogP contribution in [-0.2, 0) is 6.61 Å². The van der Waals surface area contributed by atoms with Gasteiger partial charge in [0.15, 0.2) is 11.5 Å². The summed E-state index contributed by atoms with van der Waals surface area (Å²) in [6.07, 6.45) is 0. The first-order chi connectivity index (χ1) is 8.29. The van der Waals surface area contributed by atoms with Crippen LogP contribution in [0.2, 0.25) is 0 Å². The Morgan fingerprint density at radius 2 is 2.12 bits per heavy atom. The van der Waals surface area contributed by atoms with E-state index in [0.717, 1.165) is 5.56 Å². The molecular formula is C14H12FO2. The van der Waals surface area contributed by atoms with Crippen molar-refractivity contribution in [3.05, 3.63) is 59.9 Å². The van der Waals surface area contributed by atoms with Crippen molar-refractivity contribution in [2.45, 2.75) is 6.61 Å². The number of hydrogen-bond donors (Lipinski definition) is 0. The van der Waals surface area contributed by atoms with Gasteiger partial charge in [0.2, 0.25) is 0 Å². The average molecular weight is 231 g/mol. The first kappa shape index (κ1) is 11.5. The molecule has 0 aliphatic heterocycles. The number of rotatable bonds is 4. The van der Waals surface area contributed by atoms with E-state index < -0.39 is 0 Å². The summed E-state index contributed by atoms with van der Waals surface area (Å²) in [6.45, 7) is 0.304. The van der Waals surface area contributed by atoms with E-state index in [2.05, 4.69) is 6.07 Å². The predicted molar refractivity (Wildman–Crippen MR) is 62.6 cm³/mol. The Balaban J connectivity index is 2.07. The minimum atomic E-state index is -0.264. The summed E-state index contributed by atoms with van der Waals surface area (Å²) in [7, 11) is 1.57. The lowest BCUT2D eigenvalue weighted by molar-refractivity contribution is 0.284. The first-order valence-corrected chi connectivity index (χ1v) is 5.21. The van der Waals surface area contributed by atoms with E-state index >= 15 is 0 Å². The molecule has 0 aromatic heterocycles. The fourth-order valence-electron chi connectivity index (χ4n) is 1.47. The molecule has 1 radical (unpaired) electrons. The largest absolute Gasteiger partial charge is 0.493 e. The molecule has 0 bridgehead atoms. The van der Waals surface area contributed by atoms with Crippen LogP contribution in [0.3, 0.4) is 0 Å². The molecule has 2 nitrogen and oxygen atoms in total. The average Bonchev–Trinajstić information content (AvgIpc) is 2.37. The van der Waals surface area contributed by atoms with Crippen molar-refractivity contribution in [3.8, 4) is 11.5 Å². The number of benzene rings is 2. The van der Waals surface area contributed by atoms with Crippen molar-refractivity contribution < 1.29 is 13.9 Å². The van der Waals surface area contributed by atoms with E-state index in [0.29, 0.717) is 18.1 Å². The van der Waals surface area contributed by atoms with Crippen molar-refractivity contribution in [2.75, 3.05) is 7.11 Å². The van der Waals surface area contributed by atoms with Crippen LogP contribution in [-0.4, -0.2) is 7.11 Å². The first-order valence-electron chi connectivity index (χ1n) is 5.21. The van der Waals surface area contributed by atoms with Crippen LogP contribution in [0.25, 0.3) is 0 Å². The molecule has 0 spiro atoms. The summed E-state index contributed by atoms with van der Waals surface area (Å²) in [5.41, 5.74) is 0.778. The van der Waals surface area contributed by atoms with Crippen LogP contribution < -0.4 is 9.47 Å². The molecule has 2 aromatic carbocycles. The van der Waals surface area contributed by atoms with Crippen molar-refractivity contribution in [1.29, 1.82) is 0 Å². The summed E-state index contributed by atoms with van der Waals surface area (Å²) in [5.74, 6) is 0.971. The third kappa shape index (κ3) is 2.97. The molecule has 0 saturated heterocycles. The topological polar surface area (TPSA) is 18.5 Å². The zero-order valence-corrected chi connectivity index (χ0v) is 9.44. The van der Waals surface area contributed by atoms with Crippen LogP contribution in [0.4, 0.5) is 4.39 Å². The quantitative estimate of drug-likeness (QED) is 0.804. The zero-order chi connectivity index (χ0) is 12.1. The summed E-state index contributed by atoms with van der Waals surface area (Å²) < 4.78 is 23.6. The van der Waals surface area contributed by atoms with Crippen LogP contribution in [0.15, 0.2) is 42.5 Å². The molecule has 2 aromatic rings. The Bertz CT molecular complexity index is 497. The van der Waals surface area contributed by atoms with E-state index in [4.69, 9.17) is 9.47 Å². The number of ether oxygens (including phenoxy) is 2. The molecule has 0 aliphatic carbocycles. The van der Waals surface area contributed by atoms with Crippen molar-refractivity contribution in [2.24, 2.45) is 0 Å². The molecule has 0 heterocycles. The van der Waals surface area contributed by atoms with Gasteiger partial charge in [-0.1, -0.05) is 18.2 Å². The molecule has 0 N–H and O–H groups in total. The lowest BCUT2D eigenvalue weighted by Crippen LogP contribution is -1.97. The SMILES string of the molecule is COc1c[c]ccc1OCc1cccc(F)c1. The fourth-order valence-corrected chi connectivity index (χ4v) is 1.47. The molecule has 2 rings (SSSR count). The Labute approximate surface area is 99.6 Å². The van der Waals surface area contributed by atoms with E-state index in [9.17, 15) is 4.39 Å². The fraction of sp³-hybridized carbons (Fsp3) is 0.143. The summed E-state index contributed by atoms with van der Waals surface area (Å²) in [4.78, 5) is 0. The minimum absolute atomic E-state index is 0.264. The molecule has 0 fully saturated rings. The van der Waals surface area contributed by atoms with Gasteiger partial charge in [-0.25, -0.2) is 4.39 Å². The second-order valence-electron chi connectivity index (χ2n) is 3.50. The molecule has 87 valence electrons. The predicted octanol–water partition coefficient (Wildman–Crippen LogP) is 3.21. The highest BCUT2D eigenvalue weighted by Gasteiger charge is 2.03. The van der Waals surface area contributed by atoms with E-state index in [1.807, 2.05) is 6.07 Å². The zero-order valence-electron chi connectivity index (χ0n) is 9.44. The highest BCUT2D eigenvalue weighted by Crippen LogP contribution is 2.26. The van der Waals surface area contributed by atoms with Crippen LogP contribution >= 0.6 is 0 Å². The van der Waals surface area contributed by atoms with E-state index in [1.165, 1.54) is 12.1 Å². The molecule has 0 atom stereocenters. The maximum absolute atomic E-state index is 13.0. The smallest absolute Gasteiger partial charge is 0.161 e. The van der Waals surface area contributed by atoms with Gasteiger partial charge >= 0.3 is 0 Å². The maximum atomic E-state index is 13.0. The summed E-state index contributed by atoms with van der Waals surface area (Å²) >= 11 is 0. The normalized spacial score (nSPS) is 10.0. The molecule has 0 amide bonds.